The van der Waals surface area contributed by atoms with E-state index in [4.69, 9.17) is 4.74 Å². The van der Waals surface area contributed by atoms with Gasteiger partial charge in [0.05, 0.1) is 12.3 Å². The number of hydrogen-bond donors (Lipinski definition) is 2. The van der Waals surface area contributed by atoms with Gasteiger partial charge in [0.25, 0.3) is 5.91 Å². The minimum Gasteiger partial charge on any atom is -0.490 e. The fourth-order valence-corrected chi connectivity index (χ4v) is 2.73. The van der Waals surface area contributed by atoms with Crippen molar-refractivity contribution in [2.45, 2.75) is 26.3 Å². The van der Waals surface area contributed by atoms with Crippen molar-refractivity contribution < 1.29 is 9.53 Å². The van der Waals surface area contributed by atoms with Gasteiger partial charge in [0, 0.05) is 18.8 Å². The van der Waals surface area contributed by atoms with Crippen LogP contribution in [-0.2, 0) is 0 Å². The second-order valence-electron chi connectivity index (χ2n) is 5.21. The number of amides is 1. The Labute approximate surface area is 123 Å². The first-order chi connectivity index (χ1) is 10.2. The molecule has 0 radical (unpaired) electrons. The van der Waals surface area contributed by atoms with Crippen LogP contribution in [0.15, 0.2) is 18.3 Å². The Morgan fingerprint density at radius 3 is 3.19 bits per heavy atom. The van der Waals surface area contributed by atoms with Gasteiger partial charge in [-0.25, -0.2) is 4.98 Å². The number of aryl methyl sites for hydroxylation is 1. The van der Waals surface area contributed by atoms with Gasteiger partial charge in [-0.1, -0.05) is 0 Å². The van der Waals surface area contributed by atoms with Gasteiger partial charge in [0.15, 0.2) is 11.4 Å². The lowest BCUT2D eigenvalue weighted by atomic mass is 10.2. The topological polar surface area (TPSA) is 67.7 Å². The lowest BCUT2D eigenvalue weighted by Gasteiger charge is -2.11. The number of imidazole rings is 1. The molecule has 0 spiro atoms. The highest BCUT2D eigenvalue weighted by molar-refractivity contribution is 5.95. The van der Waals surface area contributed by atoms with Crippen molar-refractivity contribution in [2.24, 2.45) is 0 Å². The number of rotatable bonds is 4. The molecule has 2 aromatic rings. The SMILES string of the molecule is CCOc1cccn2c(C(=O)N[C@@H]3CCNC3)c(C)nc12. The Bertz CT molecular complexity index is 659. The molecule has 0 aromatic carbocycles. The molecule has 0 aliphatic carbocycles. The maximum Gasteiger partial charge on any atom is 0.270 e. The predicted molar refractivity (Wildman–Crippen MR) is 79.8 cm³/mol. The van der Waals surface area contributed by atoms with Gasteiger partial charge in [-0.3, -0.25) is 9.20 Å². The van der Waals surface area contributed by atoms with Crippen molar-refractivity contribution in [3.05, 3.63) is 29.7 Å². The van der Waals surface area contributed by atoms with Crippen LogP contribution in [0.2, 0.25) is 0 Å². The third-order valence-corrected chi connectivity index (χ3v) is 3.70. The Morgan fingerprint density at radius 1 is 1.62 bits per heavy atom. The summed E-state index contributed by atoms with van der Waals surface area (Å²) in [5.41, 5.74) is 1.98. The average Bonchev–Trinajstić information content (AvgIpc) is 3.06. The van der Waals surface area contributed by atoms with E-state index in [2.05, 4.69) is 15.6 Å². The molecule has 3 rings (SSSR count). The monoisotopic (exact) mass is 288 g/mol. The number of nitrogens with zero attached hydrogens (tertiary/aromatic N) is 2. The lowest BCUT2D eigenvalue weighted by Crippen LogP contribution is -2.37. The van der Waals surface area contributed by atoms with Crippen molar-refractivity contribution in [1.29, 1.82) is 0 Å². The Hall–Kier alpha value is -2.08. The Balaban J connectivity index is 1.95. The molecule has 1 aliphatic heterocycles. The van der Waals surface area contributed by atoms with Gasteiger partial charge in [-0.05, 0) is 38.9 Å². The van der Waals surface area contributed by atoms with Crippen molar-refractivity contribution in [1.82, 2.24) is 20.0 Å². The first-order valence-corrected chi connectivity index (χ1v) is 7.32. The Morgan fingerprint density at radius 2 is 2.48 bits per heavy atom. The van der Waals surface area contributed by atoms with Crippen LogP contribution in [0.4, 0.5) is 0 Å². The molecule has 0 bridgehead atoms. The van der Waals surface area contributed by atoms with Crippen LogP contribution < -0.4 is 15.4 Å². The smallest absolute Gasteiger partial charge is 0.270 e. The molecule has 0 unspecified atom stereocenters. The maximum atomic E-state index is 12.5. The number of carbonyl (C=O) groups excluding carboxylic acids is 1. The van der Waals surface area contributed by atoms with Crippen molar-refractivity contribution >= 4 is 11.6 Å². The van der Waals surface area contributed by atoms with Crippen LogP contribution in [0.25, 0.3) is 5.65 Å². The van der Waals surface area contributed by atoms with E-state index >= 15 is 0 Å². The third kappa shape index (κ3) is 2.58. The molecule has 2 aromatic heterocycles. The van der Waals surface area contributed by atoms with Crippen LogP contribution in [0.1, 0.15) is 29.5 Å². The molecular formula is C15H20N4O2. The van der Waals surface area contributed by atoms with Crippen LogP contribution in [0, 0.1) is 6.92 Å². The van der Waals surface area contributed by atoms with E-state index in [1.54, 1.807) is 4.40 Å². The van der Waals surface area contributed by atoms with Gasteiger partial charge in [-0.15, -0.1) is 0 Å². The molecule has 1 saturated heterocycles. The van der Waals surface area contributed by atoms with E-state index < -0.39 is 0 Å². The maximum absolute atomic E-state index is 12.5. The molecular weight excluding hydrogens is 268 g/mol. The molecule has 1 amide bonds. The largest absolute Gasteiger partial charge is 0.490 e. The fourth-order valence-electron chi connectivity index (χ4n) is 2.73. The summed E-state index contributed by atoms with van der Waals surface area (Å²) in [4.78, 5) is 17.0. The summed E-state index contributed by atoms with van der Waals surface area (Å²) in [6, 6.07) is 3.93. The summed E-state index contributed by atoms with van der Waals surface area (Å²) in [7, 11) is 0. The summed E-state index contributed by atoms with van der Waals surface area (Å²) in [6.07, 6.45) is 2.81. The minimum absolute atomic E-state index is 0.0812. The highest BCUT2D eigenvalue weighted by Crippen LogP contribution is 2.22. The lowest BCUT2D eigenvalue weighted by molar-refractivity contribution is 0.0933. The zero-order valence-electron chi connectivity index (χ0n) is 12.3. The van der Waals surface area contributed by atoms with Gasteiger partial charge < -0.3 is 15.4 Å². The van der Waals surface area contributed by atoms with Crippen LogP contribution in [0.3, 0.4) is 0 Å². The van der Waals surface area contributed by atoms with Crippen molar-refractivity contribution in [3.8, 4) is 5.75 Å². The summed E-state index contributed by atoms with van der Waals surface area (Å²) in [5, 5.41) is 6.31. The van der Waals surface area contributed by atoms with Crippen molar-refractivity contribution in [3.63, 3.8) is 0 Å². The Kier molecular flexibility index (Phi) is 3.79. The predicted octanol–water partition coefficient (Wildman–Crippen LogP) is 1.13. The molecule has 2 N–H and O–H groups in total. The quantitative estimate of drug-likeness (QED) is 0.885. The van der Waals surface area contributed by atoms with Crippen LogP contribution in [0.5, 0.6) is 5.75 Å². The number of nitrogens with one attached hydrogen (secondary N) is 2. The summed E-state index contributed by atoms with van der Waals surface area (Å²) in [6.45, 7) is 6.13. The standard InChI is InChI=1S/C15H20N4O2/c1-3-21-12-5-4-8-19-13(10(2)17-14(12)19)15(20)18-11-6-7-16-9-11/h4-5,8,11,16H,3,6-7,9H2,1-2H3,(H,18,20)/t11-/m1/s1. The number of carbonyl (C=O) groups is 1. The first kappa shape index (κ1) is 13.9. The van der Waals surface area contributed by atoms with Crippen molar-refractivity contribution in [2.75, 3.05) is 19.7 Å². The summed E-state index contributed by atoms with van der Waals surface area (Å²) in [5.74, 6) is 0.618. The normalized spacial score (nSPS) is 18.1. The fraction of sp³-hybridized carbons (Fsp3) is 0.467. The zero-order chi connectivity index (χ0) is 14.8. The first-order valence-electron chi connectivity index (χ1n) is 7.32. The number of pyridine rings is 1. The molecule has 6 heteroatoms. The van der Waals surface area contributed by atoms with E-state index in [0.29, 0.717) is 29.4 Å². The zero-order valence-corrected chi connectivity index (χ0v) is 12.3. The third-order valence-electron chi connectivity index (χ3n) is 3.70. The highest BCUT2D eigenvalue weighted by Gasteiger charge is 2.22. The summed E-state index contributed by atoms with van der Waals surface area (Å²) >= 11 is 0. The van der Waals surface area contributed by atoms with E-state index in [9.17, 15) is 4.79 Å². The molecule has 1 aliphatic rings. The van der Waals surface area contributed by atoms with Crippen LogP contribution >= 0.6 is 0 Å². The molecule has 3 heterocycles. The summed E-state index contributed by atoms with van der Waals surface area (Å²) < 4.78 is 7.38. The van der Waals surface area contributed by atoms with E-state index in [0.717, 1.165) is 19.5 Å². The highest BCUT2D eigenvalue weighted by atomic mass is 16.5. The average molecular weight is 288 g/mol. The number of fused-ring (bicyclic) bond motifs is 1. The van der Waals surface area contributed by atoms with Gasteiger partial charge in [0.1, 0.15) is 5.69 Å². The molecule has 0 saturated carbocycles. The van der Waals surface area contributed by atoms with Gasteiger partial charge >= 0.3 is 0 Å². The van der Waals surface area contributed by atoms with Crippen LogP contribution in [-0.4, -0.2) is 41.0 Å². The number of aromatic nitrogens is 2. The van der Waals surface area contributed by atoms with E-state index in [-0.39, 0.29) is 11.9 Å². The second kappa shape index (κ2) is 5.73. The van der Waals surface area contributed by atoms with E-state index in [1.165, 1.54) is 0 Å². The van der Waals surface area contributed by atoms with E-state index in [1.807, 2.05) is 32.2 Å². The molecule has 1 atom stereocenters. The number of hydrogen-bond acceptors (Lipinski definition) is 4. The molecule has 21 heavy (non-hydrogen) atoms. The molecule has 1 fully saturated rings. The second-order valence-corrected chi connectivity index (χ2v) is 5.21. The molecule has 112 valence electrons. The molecule has 6 nitrogen and oxygen atoms in total. The minimum atomic E-state index is -0.0812. The number of ether oxygens (including phenoxy) is 1. The van der Waals surface area contributed by atoms with Gasteiger partial charge in [-0.2, -0.15) is 0 Å². The van der Waals surface area contributed by atoms with Gasteiger partial charge in [0.2, 0.25) is 0 Å².